The van der Waals surface area contributed by atoms with Gasteiger partial charge in [-0.25, -0.2) is 0 Å². The van der Waals surface area contributed by atoms with Gasteiger partial charge in [-0.05, 0) is 62.1 Å². The summed E-state index contributed by atoms with van der Waals surface area (Å²) in [5, 5.41) is 19.8. The Morgan fingerprint density at radius 2 is 2.03 bits per heavy atom. The molecule has 1 unspecified atom stereocenters. The number of carbonyl (C=O) groups is 2. The van der Waals surface area contributed by atoms with E-state index in [4.69, 9.17) is 0 Å². The van der Waals surface area contributed by atoms with Gasteiger partial charge in [0, 0.05) is 30.0 Å². The van der Waals surface area contributed by atoms with Crippen LogP contribution in [0.3, 0.4) is 0 Å². The molecule has 2 aliphatic heterocycles. The fourth-order valence-corrected chi connectivity index (χ4v) is 3.90. The minimum absolute atomic E-state index is 0.0622. The third-order valence-corrected chi connectivity index (χ3v) is 5.63. The first-order chi connectivity index (χ1) is 14.9. The summed E-state index contributed by atoms with van der Waals surface area (Å²) in [6.07, 6.45) is 8.87. The van der Waals surface area contributed by atoms with Gasteiger partial charge < -0.3 is 10.0 Å². The predicted molar refractivity (Wildman–Crippen MR) is 120 cm³/mol. The first-order valence-electron chi connectivity index (χ1n) is 10.5. The Morgan fingerprint density at radius 1 is 1.29 bits per heavy atom. The maximum Gasteiger partial charge on any atom is 0.271 e. The van der Waals surface area contributed by atoms with Crippen molar-refractivity contribution in [1.82, 2.24) is 4.90 Å². The van der Waals surface area contributed by atoms with Crippen LogP contribution >= 0.6 is 0 Å². The van der Waals surface area contributed by atoms with E-state index in [1.807, 2.05) is 31.3 Å². The van der Waals surface area contributed by atoms with Crippen LogP contribution in [0.25, 0.3) is 0 Å². The fraction of sp³-hybridized carbons (Fsp3) is 0.320. The number of imide groups is 1. The smallest absolute Gasteiger partial charge is 0.271 e. The summed E-state index contributed by atoms with van der Waals surface area (Å²) in [6, 6.07) is 10.4. The van der Waals surface area contributed by atoms with Crippen LogP contribution in [0.15, 0.2) is 71.2 Å². The third kappa shape index (κ3) is 4.46. The molecule has 0 saturated heterocycles. The van der Waals surface area contributed by atoms with Gasteiger partial charge in [-0.1, -0.05) is 31.5 Å². The lowest BCUT2D eigenvalue weighted by molar-refractivity contribution is -0.140. The second-order valence-corrected chi connectivity index (χ2v) is 7.81. The van der Waals surface area contributed by atoms with E-state index in [1.54, 1.807) is 13.0 Å². The molecule has 0 spiro atoms. The van der Waals surface area contributed by atoms with Crippen molar-refractivity contribution in [2.45, 2.75) is 46.1 Å². The van der Waals surface area contributed by atoms with Crippen molar-refractivity contribution in [3.63, 3.8) is 0 Å². The summed E-state index contributed by atoms with van der Waals surface area (Å²) in [5.41, 5.74) is 2.81. The highest BCUT2D eigenvalue weighted by atomic mass is 16.3. The van der Waals surface area contributed by atoms with Crippen LogP contribution in [-0.4, -0.2) is 34.4 Å². The molecule has 0 radical (unpaired) electrons. The number of nitriles is 1. The monoisotopic (exact) mass is 417 g/mol. The van der Waals surface area contributed by atoms with Gasteiger partial charge in [-0.2, -0.15) is 5.26 Å². The molecular formula is C25H27N3O3. The zero-order valence-corrected chi connectivity index (χ0v) is 18.1. The van der Waals surface area contributed by atoms with Crippen LogP contribution in [0.1, 0.15) is 39.2 Å². The first-order valence-corrected chi connectivity index (χ1v) is 10.5. The molecule has 6 heteroatoms. The largest absolute Gasteiger partial charge is 0.508 e. The number of allylic oxidation sites excluding steroid dienone is 3. The minimum Gasteiger partial charge on any atom is -0.508 e. The molecule has 6 nitrogen and oxygen atoms in total. The molecule has 1 atom stereocenters. The van der Waals surface area contributed by atoms with Crippen molar-refractivity contribution in [2.75, 3.05) is 11.4 Å². The van der Waals surface area contributed by atoms with Gasteiger partial charge in [0.1, 0.15) is 17.4 Å². The Balaban J connectivity index is 1.85. The SMILES string of the molecule is CCCCN1C(=O)C(C#N)=C(C)/C(=C/C(O)=C/C=C/N2c3ccccc3CC2C)C1=O. The van der Waals surface area contributed by atoms with Gasteiger partial charge in [0.15, 0.2) is 0 Å². The Labute approximate surface area is 183 Å². The van der Waals surface area contributed by atoms with Crippen molar-refractivity contribution in [3.8, 4) is 6.07 Å². The van der Waals surface area contributed by atoms with E-state index in [9.17, 15) is 20.0 Å². The molecule has 160 valence electrons. The highest BCUT2D eigenvalue weighted by Gasteiger charge is 2.35. The molecule has 0 saturated carbocycles. The van der Waals surface area contributed by atoms with Crippen LogP contribution < -0.4 is 4.90 Å². The standard InChI is InChI=1S/C25H27N3O3/c1-4-5-12-28-24(30)21(18(3)22(16-26)25(28)31)15-20(29)10-8-13-27-17(2)14-19-9-6-7-11-23(19)27/h6-11,13,15,17,29H,4-5,12,14H2,1-3H3/b13-8+,20-10-,21-15-. The number of hydrogen-bond donors (Lipinski definition) is 1. The lowest BCUT2D eigenvalue weighted by Gasteiger charge is -2.27. The lowest BCUT2D eigenvalue weighted by atomic mass is 9.94. The number of fused-ring (bicyclic) bond motifs is 1. The maximum absolute atomic E-state index is 12.8. The van der Waals surface area contributed by atoms with E-state index in [2.05, 4.69) is 24.0 Å². The molecule has 2 heterocycles. The third-order valence-electron chi connectivity index (χ3n) is 5.63. The number of aliphatic hydroxyl groups excluding tert-OH is 1. The molecule has 2 aliphatic rings. The zero-order valence-electron chi connectivity index (χ0n) is 18.1. The van der Waals surface area contributed by atoms with E-state index < -0.39 is 11.8 Å². The average Bonchev–Trinajstić information content (AvgIpc) is 3.07. The molecule has 1 aromatic carbocycles. The number of amides is 2. The van der Waals surface area contributed by atoms with Crippen molar-refractivity contribution < 1.29 is 14.7 Å². The van der Waals surface area contributed by atoms with Gasteiger partial charge in [0.05, 0.1) is 0 Å². The second-order valence-electron chi connectivity index (χ2n) is 7.81. The molecular weight excluding hydrogens is 390 g/mol. The molecule has 0 aromatic heterocycles. The van der Waals surface area contributed by atoms with Crippen LogP contribution in [0.2, 0.25) is 0 Å². The number of anilines is 1. The number of para-hydroxylation sites is 1. The van der Waals surface area contributed by atoms with E-state index in [-0.39, 0.29) is 29.0 Å². The van der Waals surface area contributed by atoms with Crippen LogP contribution in [0, 0.1) is 11.3 Å². The number of carbonyl (C=O) groups excluding carboxylic acids is 2. The predicted octanol–water partition coefficient (Wildman–Crippen LogP) is 4.33. The molecule has 31 heavy (non-hydrogen) atoms. The van der Waals surface area contributed by atoms with Gasteiger partial charge in [0.2, 0.25) is 0 Å². The number of benzene rings is 1. The molecule has 0 bridgehead atoms. The fourth-order valence-electron chi connectivity index (χ4n) is 3.90. The van der Waals surface area contributed by atoms with Crippen LogP contribution in [-0.2, 0) is 16.0 Å². The Kier molecular flexibility index (Phi) is 6.76. The second kappa shape index (κ2) is 9.48. The van der Waals surface area contributed by atoms with E-state index in [0.29, 0.717) is 12.5 Å². The normalized spacial score (nSPS) is 20.8. The minimum atomic E-state index is -0.569. The van der Waals surface area contributed by atoms with Crippen molar-refractivity contribution in [3.05, 3.63) is 76.7 Å². The Morgan fingerprint density at radius 3 is 2.74 bits per heavy atom. The van der Waals surface area contributed by atoms with Gasteiger partial charge in [0.25, 0.3) is 11.8 Å². The van der Waals surface area contributed by atoms with E-state index in [0.717, 1.165) is 23.4 Å². The summed E-state index contributed by atoms with van der Waals surface area (Å²) in [5.74, 6) is -1.18. The topological polar surface area (TPSA) is 84.6 Å². The van der Waals surface area contributed by atoms with Gasteiger partial charge in [-0.15, -0.1) is 0 Å². The molecule has 0 aliphatic carbocycles. The average molecular weight is 418 g/mol. The molecule has 1 N–H and O–H groups in total. The number of unbranched alkanes of at least 4 members (excludes halogenated alkanes) is 1. The summed E-state index contributed by atoms with van der Waals surface area (Å²) >= 11 is 0. The van der Waals surface area contributed by atoms with E-state index >= 15 is 0 Å². The summed E-state index contributed by atoms with van der Waals surface area (Å²) in [6.45, 7) is 5.91. The number of hydrogen-bond acceptors (Lipinski definition) is 5. The molecule has 2 amide bonds. The highest BCUT2D eigenvalue weighted by molar-refractivity contribution is 6.18. The lowest BCUT2D eigenvalue weighted by Crippen LogP contribution is -2.43. The van der Waals surface area contributed by atoms with Crippen LogP contribution in [0.4, 0.5) is 5.69 Å². The first kappa shape index (κ1) is 22.1. The Bertz CT molecular complexity index is 1060. The van der Waals surface area contributed by atoms with Crippen molar-refractivity contribution >= 4 is 17.5 Å². The summed E-state index contributed by atoms with van der Waals surface area (Å²) < 4.78 is 0. The Hall–Kier alpha value is -3.59. The molecule has 1 aromatic rings. The zero-order chi connectivity index (χ0) is 22.5. The highest BCUT2D eigenvalue weighted by Crippen LogP contribution is 2.32. The van der Waals surface area contributed by atoms with Crippen LogP contribution in [0.5, 0.6) is 0 Å². The van der Waals surface area contributed by atoms with Gasteiger partial charge in [-0.3, -0.25) is 14.5 Å². The molecule has 3 rings (SSSR count). The maximum atomic E-state index is 12.8. The number of nitrogens with zero attached hydrogens (tertiary/aromatic N) is 3. The van der Waals surface area contributed by atoms with Gasteiger partial charge >= 0.3 is 0 Å². The van der Waals surface area contributed by atoms with E-state index in [1.165, 1.54) is 17.7 Å². The quantitative estimate of drug-likeness (QED) is 0.322. The summed E-state index contributed by atoms with van der Waals surface area (Å²) in [4.78, 5) is 28.5. The summed E-state index contributed by atoms with van der Waals surface area (Å²) in [7, 11) is 0. The number of aliphatic hydroxyl groups is 1. The van der Waals surface area contributed by atoms with Crippen molar-refractivity contribution in [2.24, 2.45) is 0 Å². The molecule has 0 fully saturated rings. The van der Waals surface area contributed by atoms with Crippen molar-refractivity contribution in [1.29, 1.82) is 5.26 Å². The number of rotatable bonds is 6.